The highest BCUT2D eigenvalue weighted by molar-refractivity contribution is 6.27. The SMILES string of the molecule is CC1(CN2CCC(n3cc(Cc4ccc5c6c(cccc46)C(=O)N5[C@@H]4CCC(=O)NC4=O)cn3)CC2)CC1. The molecule has 2 saturated heterocycles. The number of benzene rings is 2. The van der Waals surface area contributed by atoms with Gasteiger partial charge in [-0.05, 0) is 66.2 Å². The predicted molar refractivity (Wildman–Crippen MR) is 144 cm³/mol. The number of rotatable bonds is 6. The zero-order valence-electron chi connectivity index (χ0n) is 21.8. The molecule has 8 heteroatoms. The van der Waals surface area contributed by atoms with Crippen LogP contribution in [0.1, 0.15) is 73.0 Å². The van der Waals surface area contributed by atoms with Crippen molar-refractivity contribution in [2.75, 3.05) is 24.5 Å². The lowest BCUT2D eigenvalue weighted by Crippen LogP contribution is -2.53. The van der Waals surface area contributed by atoms with E-state index in [4.69, 9.17) is 5.10 Å². The number of carbonyl (C=O) groups excluding carboxylic acids is 3. The van der Waals surface area contributed by atoms with Gasteiger partial charge < -0.3 is 4.90 Å². The molecule has 3 aromatic rings. The van der Waals surface area contributed by atoms with E-state index in [1.54, 1.807) is 4.90 Å². The monoisotopic (exact) mass is 511 g/mol. The normalized spacial score (nSPS) is 23.3. The molecule has 7 rings (SSSR count). The third kappa shape index (κ3) is 4.02. The molecule has 0 radical (unpaired) electrons. The first kappa shape index (κ1) is 23.6. The first-order valence-electron chi connectivity index (χ1n) is 13.9. The summed E-state index contributed by atoms with van der Waals surface area (Å²) in [5.41, 5.74) is 4.22. The second-order valence-corrected chi connectivity index (χ2v) is 11.9. The van der Waals surface area contributed by atoms with Crippen LogP contribution >= 0.6 is 0 Å². The Balaban J connectivity index is 1.11. The summed E-state index contributed by atoms with van der Waals surface area (Å²) in [6.07, 6.45) is 10.5. The number of anilines is 1. The summed E-state index contributed by atoms with van der Waals surface area (Å²) in [6, 6.07) is 9.59. The van der Waals surface area contributed by atoms with Gasteiger partial charge in [0.1, 0.15) is 6.04 Å². The third-order valence-electron chi connectivity index (χ3n) is 9.03. The van der Waals surface area contributed by atoms with E-state index in [9.17, 15) is 14.4 Å². The van der Waals surface area contributed by atoms with Crippen molar-refractivity contribution in [1.29, 1.82) is 0 Å². The smallest absolute Gasteiger partial charge is 0.259 e. The lowest BCUT2D eigenvalue weighted by Gasteiger charge is -2.33. The Morgan fingerprint density at radius 1 is 1.05 bits per heavy atom. The lowest BCUT2D eigenvalue weighted by molar-refractivity contribution is -0.134. The summed E-state index contributed by atoms with van der Waals surface area (Å²) in [5, 5.41) is 9.05. The van der Waals surface area contributed by atoms with Crippen molar-refractivity contribution in [3.05, 3.63) is 59.4 Å². The number of amides is 3. The fourth-order valence-electron chi connectivity index (χ4n) is 6.60. The van der Waals surface area contributed by atoms with Crippen molar-refractivity contribution in [3.8, 4) is 0 Å². The van der Waals surface area contributed by atoms with Gasteiger partial charge in [-0.2, -0.15) is 5.10 Å². The average Bonchev–Trinajstić information content (AvgIpc) is 3.32. The Morgan fingerprint density at radius 2 is 1.87 bits per heavy atom. The lowest BCUT2D eigenvalue weighted by atomic mass is 9.97. The molecule has 196 valence electrons. The second-order valence-electron chi connectivity index (χ2n) is 11.9. The summed E-state index contributed by atoms with van der Waals surface area (Å²) in [7, 11) is 0. The summed E-state index contributed by atoms with van der Waals surface area (Å²) in [6.45, 7) is 5.92. The number of hydrogen-bond donors (Lipinski definition) is 1. The molecule has 1 N–H and O–H groups in total. The van der Waals surface area contributed by atoms with Crippen LogP contribution in [0.3, 0.4) is 0 Å². The van der Waals surface area contributed by atoms with E-state index in [2.05, 4.69) is 40.2 Å². The fourth-order valence-corrected chi connectivity index (χ4v) is 6.60. The van der Waals surface area contributed by atoms with Gasteiger partial charge in [0, 0.05) is 49.6 Å². The van der Waals surface area contributed by atoms with Gasteiger partial charge in [-0.15, -0.1) is 0 Å². The number of carbonyl (C=O) groups is 3. The summed E-state index contributed by atoms with van der Waals surface area (Å²) >= 11 is 0. The van der Waals surface area contributed by atoms with Crippen molar-refractivity contribution < 1.29 is 14.4 Å². The maximum Gasteiger partial charge on any atom is 0.259 e. The van der Waals surface area contributed by atoms with Crippen molar-refractivity contribution in [2.45, 2.75) is 64.0 Å². The number of aromatic nitrogens is 2. The largest absolute Gasteiger partial charge is 0.303 e. The van der Waals surface area contributed by atoms with Crippen LogP contribution in [0, 0.1) is 5.41 Å². The van der Waals surface area contributed by atoms with Crippen LogP contribution < -0.4 is 10.2 Å². The Labute approximate surface area is 222 Å². The van der Waals surface area contributed by atoms with Crippen molar-refractivity contribution in [3.63, 3.8) is 0 Å². The molecule has 38 heavy (non-hydrogen) atoms. The van der Waals surface area contributed by atoms with E-state index < -0.39 is 11.9 Å². The number of piperidine rings is 2. The standard InChI is InChI=1S/C30H33N5O3/c1-30(11-12-30)18-33-13-9-21(10-14-33)34-17-19(16-31-34)15-20-5-6-24-27-22(20)3-2-4-23(27)29(38)35(24)25-7-8-26(36)32-28(25)37/h2-6,16-17,21,25H,7-15,18H2,1H3,(H,32,36,37)/t25-/m1/s1. The van der Waals surface area contributed by atoms with Gasteiger partial charge in [-0.25, -0.2) is 0 Å². The summed E-state index contributed by atoms with van der Waals surface area (Å²) < 4.78 is 2.15. The minimum absolute atomic E-state index is 0.174. The minimum Gasteiger partial charge on any atom is -0.303 e. The Bertz CT molecular complexity index is 1460. The first-order chi connectivity index (χ1) is 18.4. The molecule has 4 aliphatic rings. The number of likely N-dealkylation sites (tertiary alicyclic amines) is 1. The van der Waals surface area contributed by atoms with E-state index in [0.29, 0.717) is 23.4 Å². The number of nitrogens with zero attached hydrogens (tertiary/aromatic N) is 4. The molecular formula is C30H33N5O3. The van der Waals surface area contributed by atoms with Gasteiger partial charge in [-0.3, -0.25) is 29.3 Å². The second kappa shape index (κ2) is 8.76. The molecule has 0 bridgehead atoms. The molecule has 1 atom stereocenters. The molecule has 3 aliphatic heterocycles. The van der Waals surface area contributed by atoms with Gasteiger partial charge in [0.15, 0.2) is 0 Å². The highest BCUT2D eigenvalue weighted by Gasteiger charge is 2.41. The van der Waals surface area contributed by atoms with Crippen LogP contribution in [0.2, 0.25) is 0 Å². The zero-order chi connectivity index (χ0) is 26.0. The fraction of sp³-hybridized carbons (Fsp3) is 0.467. The minimum atomic E-state index is -0.668. The highest BCUT2D eigenvalue weighted by atomic mass is 16.2. The molecular weight excluding hydrogens is 478 g/mol. The van der Waals surface area contributed by atoms with Crippen LogP contribution in [-0.2, 0) is 16.0 Å². The Hall–Kier alpha value is -3.52. The van der Waals surface area contributed by atoms with Gasteiger partial charge in [0.25, 0.3) is 5.91 Å². The molecule has 3 amide bonds. The molecule has 1 aromatic heterocycles. The zero-order valence-corrected chi connectivity index (χ0v) is 21.8. The molecule has 1 aliphatic carbocycles. The summed E-state index contributed by atoms with van der Waals surface area (Å²) in [5.74, 6) is -0.860. The van der Waals surface area contributed by atoms with Gasteiger partial charge >= 0.3 is 0 Å². The van der Waals surface area contributed by atoms with Crippen molar-refractivity contribution >= 4 is 34.2 Å². The van der Waals surface area contributed by atoms with Gasteiger partial charge in [0.2, 0.25) is 11.8 Å². The van der Waals surface area contributed by atoms with Crippen LogP contribution in [0.15, 0.2) is 42.7 Å². The topological polar surface area (TPSA) is 87.5 Å². The maximum atomic E-state index is 13.4. The Morgan fingerprint density at radius 3 is 2.63 bits per heavy atom. The van der Waals surface area contributed by atoms with Gasteiger partial charge in [-0.1, -0.05) is 25.1 Å². The predicted octanol–water partition coefficient (Wildman–Crippen LogP) is 3.83. The molecule has 2 aromatic carbocycles. The summed E-state index contributed by atoms with van der Waals surface area (Å²) in [4.78, 5) is 41.9. The highest BCUT2D eigenvalue weighted by Crippen LogP contribution is 2.46. The van der Waals surface area contributed by atoms with E-state index >= 15 is 0 Å². The van der Waals surface area contributed by atoms with Crippen molar-refractivity contribution in [2.24, 2.45) is 5.41 Å². The number of imide groups is 1. The molecule has 0 spiro atoms. The molecule has 8 nitrogen and oxygen atoms in total. The molecule has 4 heterocycles. The van der Waals surface area contributed by atoms with Crippen LogP contribution in [0.4, 0.5) is 5.69 Å². The third-order valence-corrected chi connectivity index (χ3v) is 9.03. The molecule has 1 saturated carbocycles. The van der Waals surface area contributed by atoms with Crippen LogP contribution in [-0.4, -0.2) is 58.1 Å². The van der Waals surface area contributed by atoms with E-state index in [1.807, 2.05) is 24.4 Å². The van der Waals surface area contributed by atoms with E-state index in [0.717, 1.165) is 59.9 Å². The van der Waals surface area contributed by atoms with Crippen LogP contribution in [0.25, 0.3) is 10.8 Å². The maximum absolute atomic E-state index is 13.4. The van der Waals surface area contributed by atoms with E-state index in [-0.39, 0.29) is 18.2 Å². The molecule has 3 fully saturated rings. The average molecular weight is 512 g/mol. The quantitative estimate of drug-likeness (QED) is 0.509. The molecule has 0 unspecified atom stereocenters. The number of hydrogen-bond acceptors (Lipinski definition) is 5. The van der Waals surface area contributed by atoms with Crippen molar-refractivity contribution in [1.82, 2.24) is 20.0 Å². The van der Waals surface area contributed by atoms with Gasteiger partial charge in [0.05, 0.1) is 17.9 Å². The van der Waals surface area contributed by atoms with Crippen LogP contribution in [0.5, 0.6) is 0 Å². The number of nitrogens with one attached hydrogen (secondary N) is 1. The first-order valence-corrected chi connectivity index (χ1v) is 13.9. The Kier molecular flexibility index (Phi) is 5.44. The van der Waals surface area contributed by atoms with E-state index in [1.165, 1.54) is 19.4 Å².